The number of hydrogen-bond acceptors (Lipinski definition) is 4. The molecule has 5 rings (SSSR count). The zero-order chi connectivity index (χ0) is 19.4. The van der Waals surface area contributed by atoms with Gasteiger partial charge < -0.3 is 4.74 Å². The number of nitrogens with one attached hydrogen (secondary N) is 1. The smallest absolute Gasteiger partial charge is 0.245 e. The van der Waals surface area contributed by atoms with Crippen LogP contribution in [0.25, 0.3) is 6.08 Å². The van der Waals surface area contributed by atoms with Crippen molar-refractivity contribution in [1.29, 1.82) is 5.26 Å². The van der Waals surface area contributed by atoms with E-state index in [0.29, 0.717) is 11.4 Å². The van der Waals surface area contributed by atoms with Crippen LogP contribution in [0.15, 0.2) is 54.7 Å². The third-order valence-corrected chi connectivity index (χ3v) is 6.09. The van der Waals surface area contributed by atoms with Crippen molar-refractivity contribution in [2.75, 3.05) is 12.0 Å². The number of fused-ring (bicyclic) bond motifs is 5. The van der Waals surface area contributed by atoms with Gasteiger partial charge >= 0.3 is 0 Å². The Kier molecular flexibility index (Phi) is 3.61. The number of carbonyl (C=O) groups is 2. The van der Waals surface area contributed by atoms with Gasteiger partial charge in [0.1, 0.15) is 29.7 Å². The van der Waals surface area contributed by atoms with Gasteiger partial charge in [0.05, 0.1) is 19.0 Å². The van der Waals surface area contributed by atoms with E-state index in [4.69, 9.17) is 4.74 Å². The van der Waals surface area contributed by atoms with Gasteiger partial charge in [-0.3, -0.25) is 14.5 Å². The Morgan fingerprint density at radius 1 is 1.04 bits per heavy atom. The third kappa shape index (κ3) is 2.11. The molecule has 2 amide bonds. The van der Waals surface area contributed by atoms with Gasteiger partial charge in [0.2, 0.25) is 11.8 Å². The maximum atomic E-state index is 13.4. The molecule has 0 bridgehead atoms. The third-order valence-electron chi connectivity index (χ3n) is 6.09. The number of methoxy groups -OCH3 is 1. The van der Waals surface area contributed by atoms with Crippen molar-refractivity contribution in [2.24, 2.45) is 11.8 Å². The quantitative estimate of drug-likeness (QED) is 0.807. The van der Waals surface area contributed by atoms with Crippen LogP contribution < -0.4 is 14.5 Å². The van der Waals surface area contributed by atoms with Gasteiger partial charge in [-0.25, -0.2) is 4.90 Å². The first-order valence-electron chi connectivity index (χ1n) is 9.21. The Morgan fingerprint density at radius 2 is 1.75 bits per heavy atom. The predicted octanol–water partition coefficient (Wildman–Crippen LogP) is 1.32. The molecular weight excluding hydrogens is 354 g/mol. The molecule has 2 aromatic carbocycles. The van der Waals surface area contributed by atoms with E-state index in [9.17, 15) is 14.9 Å². The Morgan fingerprint density at radius 3 is 2.46 bits per heavy atom. The van der Waals surface area contributed by atoms with Gasteiger partial charge in [0.25, 0.3) is 0 Å². The van der Waals surface area contributed by atoms with Crippen molar-refractivity contribution < 1.29 is 19.2 Å². The van der Waals surface area contributed by atoms with Crippen molar-refractivity contribution in [3.8, 4) is 11.8 Å². The van der Waals surface area contributed by atoms with Gasteiger partial charge in [-0.1, -0.05) is 24.3 Å². The number of carbonyl (C=O) groups excluding carboxylic acids is 2. The minimum Gasteiger partial charge on any atom is -0.497 e. The lowest BCUT2D eigenvalue weighted by molar-refractivity contribution is -0.885. The van der Waals surface area contributed by atoms with E-state index in [1.165, 1.54) is 4.90 Å². The molecule has 3 aliphatic heterocycles. The number of nitrogens with zero attached hydrogens (tertiary/aromatic N) is 2. The van der Waals surface area contributed by atoms with E-state index in [-0.39, 0.29) is 17.9 Å². The number of hydrogen-bond donors (Lipinski definition) is 1. The standard InChI is InChI=1S/C22H17N3O3/c1-28-15-8-6-14(7-9-15)25-21(26)18-17(12-23)24-11-10-13-4-2-3-5-16(13)20(24)19(18)22(25)27/h2-11,17-20H,1H3/p+1/t17-,18+,19+,20-/m1/s1. The molecular formula is C22H18N3O3+. The first-order valence-corrected chi connectivity index (χ1v) is 9.21. The van der Waals surface area contributed by atoms with Crippen LogP contribution in [-0.2, 0) is 9.59 Å². The van der Waals surface area contributed by atoms with Crippen LogP contribution in [0.5, 0.6) is 5.75 Å². The number of imide groups is 1. The highest BCUT2D eigenvalue weighted by Gasteiger charge is 2.66. The molecule has 2 saturated heterocycles. The van der Waals surface area contributed by atoms with Crippen LogP contribution in [0.3, 0.4) is 0 Å². The summed E-state index contributed by atoms with van der Waals surface area (Å²) >= 11 is 0. The van der Waals surface area contributed by atoms with E-state index in [1.54, 1.807) is 31.4 Å². The van der Waals surface area contributed by atoms with Gasteiger partial charge in [-0.15, -0.1) is 0 Å². The molecule has 28 heavy (non-hydrogen) atoms. The van der Waals surface area contributed by atoms with Crippen LogP contribution in [0.1, 0.15) is 17.2 Å². The summed E-state index contributed by atoms with van der Waals surface area (Å²) in [7, 11) is 1.56. The van der Waals surface area contributed by atoms with E-state index in [1.807, 2.05) is 36.5 Å². The van der Waals surface area contributed by atoms with Crippen molar-refractivity contribution in [1.82, 2.24) is 0 Å². The average molecular weight is 372 g/mol. The molecule has 6 heteroatoms. The van der Waals surface area contributed by atoms with E-state index in [2.05, 4.69) is 6.07 Å². The fraction of sp³-hybridized carbons (Fsp3) is 0.227. The molecule has 6 nitrogen and oxygen atoms in total. The molecule has 0 aromatic heterocycles. The summed E-state index contributed by atoms with van der Waals surface area (Å²) in [6, 6.07) is 16.2. The van der Waals surface area contributed by atoms with Crippen molar-refractivity contribution in [3.63, 3.8) is 0 Å². The summed E-state index contributed by atoms with van der Waals surface area (Å²) in [5, 5.41) is 9.83. The zero-order valence-electron chi connectivity index (χ0n) is 15.2. The first kappa shape index (κ1) is 16.7. The molecule has 0 radical (unpaired) electrons. The second-order valence-electron chi connectivity index (χ2n) is 7.31. The van der Waals surface area contributed by atoms with E-state index in [0.717, 1.165) is 16.0 Å². The van der Waals surface area contributed by atoms with Gasteiger partial charge in [-0.05, 0) is 35.9 Å². The molecule has 0 saturated carbocycles. The summed E-state index contributed by atoms with van der Waals surface area (Å²) in [5.74, 6) is -1.05. The summed E-state index contributed by atoms with van der Waals surface area (Å²) in [6.45, 7) is 0. The molecule has 3 heterocycles. The van der Waals surface area contributed by atoms with Crippen LogP contribution in [0.2, 0.25) is 0 Å². The van der Waals surface area contributed by atoms with Gasteiger partial charge in [0, 0.05) is 5.56 Å². The molecule has 1 unspecified atom stereocenters. The largest absolute Gasteiger partial charge is 0.497 e. The molecule has 0 aliphatic carbocycles. The molecule has 0 spiro atoms. The van der Waals surface area contributed by atoms with Crippen molar-refractivity contribution in [3.05, 3.63) is 65.9 Å². The number of anilines is 1. The van der Waals surface area contributed by atoms with Crippen LogP contribution in [-0.4, -0.2) is 25.0 Å². The van der Waals surface area contributed by atoms with E-state index < -0.39 is 17.9 Å². The van der Waals surface area contributed by atoms with Crippen LogP contribution in [0.4, 0.5) is 5.69 Å². The molecule has 2 aromatic rings. The van der Waals surface area contributed by atoms with Crippen LogP contribution >= 0.6 is 0 Å². The van der Waals surface area contributed by atoms with Crippen LogP contribution in [0, 0.1) is 23.2 Å². The molecule has 3 aliphatic rings. The number of nitriles is 1. The number of rotatable bonds is 2. The summed E-state index contributed by atoms with van der Waals surface area (Å²) in [5.41, 5.74) is 2.57. The Balaban J connectivity index is 1.60. The lowest BCUT2D eigenvalue weighted by Gasteiger charge is -2.28. The summed E-state index contributed by atoms with van der Waals surface area (Å²) in [4.78, 5) is 28.8. The fourth-order valence-corrected chi connectivity index (χ4v) is 4.87. The highest BCUT2D eigenvalue weighted by Crippen LogP contribution is 2.44. The number of quaternary nitrogens is 1. The van der Waals surface area contributed by atoms with Crippen molar-refractivity contribution in [2.45, 2.75) is 12.1 Å². The lowest BCUT2D eigenvalue weighted by atomic mass is 9.85. The van der Waals surface area contributed by atoms with Gasteiger partial charge in [-0.2, -0.15) is 5.26 Å². The van der Waals surface area contributed by atoms with E-state index >= 15 is 0 Å². The first-order chi connectivity index (χ1) is 13.7. The highest BCUT2D eigenvalue weighted by atomic mass is 16.5. The maximum absolute atomic E-state index is 13.4. The zero-order valence-corrected chi connectivity index (χ0v) is 15.2. The fourth-order valence-electron chi connectivity index (χ4n) is 4.87. The summed E-state index contributed by atoms with van der Waals surface area (Å²) in [6.07, 6.45) is 3.90. The normalized spacial score (nSPS) is 29.9. The monoisotopic (exact) mass is 372 g/mol. The topological polar surface area (TPSA) is 74.8 Å². The molecule has 5 atom stereocenters. The lowest BCUT2D eigenvalue weighted by Crippen LogP contribution is -3.10. The molecule has 1 N–H and O–H groups in total. The predicted molar refractivity (Wildman–Crippen MR) is 101 cm³/mol. The molecule has 2 fully saturated rings. The SMILES string of the molecule is COc1ccc(N2C(=O)[C@@H]3[C@H](C2=O)[C@H]2c4ccccc4C=C[NH+]2[C@@H]3C#N)cc1. The average Bonchev–Trinajstić information content (AvgIpc) is 3.20. The van der Waals surface area contributed by atoms with Crippen molar-refractivity contribution >= 4 is 23.6 Å². The Hall–Kier alpha value is -3.43. The minimum atomic E-state index is -0.643. The number of ether oxygens (including phenoxy) is 1. The molecule has 138 valence electrons. The van der Waals surface area contributed by atoms with Gasteiger partial charge in [0.15, 0.2) is 6.04 Å². The second kappa shape index (κ2) is 6.04. The maximum Gasteiger partial charge on any atom is 0.245 e. The highest BCUT2D eigenvalue weighted by molar-refractivity contribution is 6.22. The number of amides is 2. The second-order valence-corrected chi connectivity index (χ2v) is 7.31. The Labute approximate surface area is 162 Å². The minimum absolute atomic E-state index is 0.226. The number of benzene rings is 2. The Bertz CT molecular complexity index is 1050. The summed E-state index contributed by atoms with van der Waals surface area (Å²) < 4.78 is 5.16.